The molecule has 35 heavy (non-hydrogen) atoms. The van der Waals surface area contributed by atoms with Gasteiger partial charge in [-0.3, -0.25) is 9.59 Å². The normalized spacial score (nSPS) is 10.8. The average molecular weight is 483 g/mol. The summed E-state index contributed by atoms with van der Waals surface area (Å²) in [5.41, 5.74) is 0.793. The second-order valence-corrected chi connectivity index (χ2v) is 9.10. The number of benzene rings is 1. The van der Waals surface area contributed by atoms with Gasteiger partial charge in [-0.15, -0.1) is 0 Å². The molecular weight excluding hydrogens is 440 g/mol. The predicted octanol–water partition coefficient (Wildman–Crippen LogP) is 7.85. The summed E-state index contributed by atoms with van der Waals surface area (Å²) in [4.78, 5) is 32.6. The first-order valence-electron chi connectivity index (χ1n) is 13.5. The average Bonchev–Trinajstić information content (AvgIpc) is 2.87. The third-order valence-electron chi connectivity index (χ3n) is 5.92. The lowest BCUT2D eigenvalue weighted by atomic mass is 10.1. The molecule has 192 valence electrons. The quantitative estimate of drug-likeness (QED) is 0.122. The molecule has 0 spiro atoms. The molecule has 0 radical (unpaired) electrons. The lowest BCUT2D eigenvalue weighted by Gasteiger charge is -2.07. The summed E-state index contributed by atoms with van der Waals surface area (Å²) in [6, 6.07) is 7.13. The van der Waals surface area contributed by atoms with Crippen LogP contribution in [-0.2, 0) is 9.59 Å². The molecule has 0 bridgehead atoms. The molecule has 1 aromatic heterocycles. The number of hydrogen-bond acceptors (Lipinski definition) is 6. The number of unbranched alkanes of at least 4 members (excludes halogenated alkanes) is 11. The molecule has 0 amide bonds. The number of carbonyl (C=O) groups excluding carboxylic acids is 2. The Bertz CT molecular complexity index is 850. The third kappa shape index (κ3) is 12.5. The van der Waals surface area contributed by atoms with Crippen LogP contribution in [0.5, 0.6) is 11.5 Å². The van der Waals surface area contributed by atoms with Crippen molar-refractivity contribution in [3.05, 3.63) is 36.7 Å². The van der Waals surface area contributed by atoms with E-state index in [0.29, 0.717) is 30.2 Å². The first-order valence-corrected chi connectivity index (χ1v) is 13.5. The van der Waals surface area contributed by atoms with E-state index >= 15 is 0 Å². The number of carbonyl (C=O) groups is 2. The molecule has 0 unspecified atom stereocenters. The maximum Gasteiger partial charge on any atom is 0.311 e. The summed E-state index contributed by atoms with van der Waals surface area (Å²) in [6.45, 7) is 4.37. The Balaban J connectivity index is 1.67. The van der Waals surface area contributed by atoms with E-state index < -0.39 is 0 Å². The van der Waals surface area contributed by atoms with Gasteiger partial charge in [0, 0.05) is 18.4 Å². The van der Waals surface area contributed by atoms with Crippen molar-refractivity contribution in [2.45, 2.75) is 110 Å². The van der Waals surface area contributed by atoms with Gasteiger partial charge in [-0.1, -0.05) is 84.5 Å². The van der Waals surface area contributed by atoms with Crippen LogP contribution in [0.3, 0.4) is 0 Å². The lowest BCUT2D eigenvalue weighted by molar-refractivity contribution is -0.135. The number of rotatable bonds is 18. The number of aromatic nitrogens is 2. The fourth-order valence-electron chi connectivity index (χ4n) is 3.83. The van der Waals surface area contributed by atoms with E-state index in [1.165, 1.54) is 57.3 Å². The Morgan fingerprint density at radius 3 is 1.54 bits per heavy atom. The highest BCUT2D eigenvalue weighted by Gasteiger charge is 2.09. The second kappa shape index (κ2) is 17.6. The standard InChI is InChI=1S/C29H42N2O4/c1-3-5-7-9-10-11-12-13-15-17-27(32)34-25-20-18-24(19-21-25)29-30-22-26(23-31-29)35-28(33)16-14-8-6-4-2/h18-23H,3-17H2,1-2H3. The van der Waals surface area contributed by atoms with Gasteiger partial charge in [0.15, 0.2) is 11.6 Å². The van der Waals surface area contributed by atoms with E-state index in [9.17, 15) is 9.59 Å². The van der Waals surface area contributed by atoms with Gasteiger partial charge in [0.2, 0.25) is 0 Å². The lowest BCUT2D eigenvalue weighted by Crippen LogP contribution is -2.08. The molecule has 0 aliphatic carbocycles. The Morgan fingerprint density at radius 1 is 0.600 bits per heavy atom. The van der Waals surface area contributed by atoms with Gasteiger partial charge >= 0.3 is 11.9 Å². The van der Waals surface area contributed by atoms with E-state index in [4.69, 9.17) is 9.47 Å². The smallest absolute Gasteiger partial charge is 0.311 e. The van der Waals surface area contributed by atoms with Crippen molar-refractivity contribution in [1.29, 1.82) is 0 Å². The molecule has 0 aliphatic heterocycles. The van der Waals surface area contributed by atoms with Crippen molar-refractivity contribution in [2.75, 3.05) is 0 Å². The van der Waals surface area contributed by atoms with Crippen molar-refractivity contribution < 1.29 is 19.1 Å². The minimum Gasteiger partial charge on any atom is -0.427 e. The van der Waals surface area contributed by atoms with Gasteiger partial charge in [-0.25, -0.2) is 9.97 Å². The van der Waals surface area contributed by atoms with E-state index in [1.54, 1.807) is 12.1 Å². The molecule has 6 heteroatoms. The largest absolute Gasteiger partial charge is 0.427 e. The molecule has 2 rings (SSSR count). The van der Waals surface area contributed by atoms with Gasteiger partial charge in [-0.05, 0) is 37.1 Å². The first-order chi connectivity index (χ1) is 17.1. The summed E-state index contributed by atoms with van der Waals surface area (Å²) in [7, 11) is 0. The number of hydrogen-bond donors (Lipinski definition) is 0. The summed E-state index contributed by atoms with van der Waals surface area (Å²) in [5.74, 6) is 0.920. The van der Waals surface area contributed by atoms with Gasteiger partial charge in [-0.2, -0.15) is 0 Å². The minimum absolute atomic E-state index is 0.196. The van der Waals surface area contributed by atoms with Crippen LogP contribution in [0.15, 0.2) is 36.7 Å². The van der Waals surface area contributed by atoms with Crippen molar-refractivity contribution >= 4 is 11.9 Å². The van der Waals surface area contributed by atoms with Crippen LogP contribution in [0, 0.1) is 0 Å². The number of esters is 2. The zero-order valence-corrected chi connectivity index (χ0v) is 21.6. The molecule has 6 nitrogen and oxygen atoms in total. The van der Waals surface area contributed by atoms with Crippen molar-refractivity contribution in [1.82, 2.24) is 9.97 Å². The Morgan fingerprint density at radius 2 is 1.03 bits per heavy atom. The Kier molecular flexibility index (Phi) is 14.4. The van der Waals surface area contributed by atoms with Crippen LogP contribution in [0.1, 0.15) is 110 Å². The molecule has 1 heterocycles. The maximum absolute atomic E-state index is 12.1. The highest BCUT2D eigenvalue weighted by atomic mass is 16.5. The molecular formula is C29H42N2O4. The highest BCUT2D eigenvalue weighted by molar-refractivity contribution is 5.73. The number of ether oxygens (including phenoxy) is 2. The topological polar surface area (TPSA) is 78.4 Å². The molecule has 0 atom stereocenters. The van der Waals surface area contributed by atoms with Crippen LogP contribution < -0.4 is 9.47 Å². The van der Waals surface area contributed by atoms with Crippen LogP contribution in [-0.4, -0.2) is 21.9 Å². The monoisotopic (exact) mass is 482 g/mol. The molecule has 0 N–H and O–H groups in total. The van der Waals surface area contributed by atoms with E-state index in [-0.39, 0.29) is 11.9 Å². The highest BCUT2D eigenvalue weighted by Crippen LogP contribution is 2.21. The summed E-state index contributed by atoms with van der Waals surface area (Å²) >= 11 is 0. The number of nitrogens with zero attached hydrogens (tertiary/aromatic N) is 2. The molecule has 0 aliphatic rings. The van der Waals surface area contributed by atoms with Crippen LogP contribution >= 0.6 is 0 Å². The van der Waals surface area contributed by atoms with E-state index in [0.717, 1.165) is 44.1 Å². The van der Waals surface area contributed by atoms with Crippen molar-refractivity contribution in [3.63, 3.8) is 0 Å². The molecule has 2 aromatic rings. The van der Waals surface area contributed by atoms with Crippen LogP contribution in [0.25, 0.3) is 11.4 Å². The van der Waals surface area contributed by atoms with Crippen molar-refractivity contribution in [2.24, 2.45) is 0 Å². The zero-order chi connectivity index (χ0) is 25.1. The second-order valence-electron chi connectivity index (χ2n) is 9.10. The van der Waals surface area contributed by atoms with E-state index in [1.807, 2.05) is 12.1 Å². The maximum atomic E-state index is 12.1. The van der Waals surface area contributed by atoms with Gasteiger partial charge in [0.25, 0.3) is 0 Å². The molecule has 0 saturated carbocycles. The predicted molar refractivity (Wildman–Crippen MR) is 139 cm³/mol. The minimum atomic E-state index is -0.258. The Labute approximate surface area is 210 Å². The molecule has 0 fully saturated rings. The molecule has 0 saturated heterocycles. The summed E-state index contributed by atoms with van der Waals surface area (Å²) in [5, 5.41) is 0. The fraction of sp³-hybridized carbons (Fsp3) is 0.586. The van der Waals surface area contributed by atoms with Crippen LogP contribution in [0.4, 0.5) is 0 Å². The SMILES string of the molecule is CCCCCCCCCCCC(=O)Oc1ccc(-c2ncc(OC(=O)CCCCCC)cn2)cc1. The van der Waals surface area contributed by atoms with Gasteiger partial charge in [0.1, 0.15) is 5.75 Å². The van der Waals surface area contributed by atoms with Crippen LogP contribution in [0.2, 0.25) is 0 Å². The first kappa shape index (κ1) is 28.5. The van der Waals surface area contributed by atoms with Crippen molar-refractivity contribution in [3.8, 4) is 22.9 Å². The Hall–Kier alpha value is -2.76. The van der Waals surface area contributed by atoms with Gasteiger partial charge in [0.05, 0.1) is 12.4 Å². The van der Waals surface area contributed by atoms with Gasteiger partial charge < -0.3 is 9.47 Å². The fourth-order valence-corrected chi connectivity index (χ4v) is 3.83. The third-order valence-corrected chi connectivity index (χ3v) is 5.92. The zero-order valence-electron chi connectivity index (χ0n) is 21.6. The summed E-state index contributed by atoms with van der Waals surface area (Å²) < 4.78 is 10.8. The molecule has 1 aromatic carbocycles. The summed E-state index contributed by atoms with van der Waals surface area (Å²) in [6.07, 6.45) is 19.0. The van der Waals surface area contributed by atoms with E-state index in [2.05, 4.69) is 23.8 Å².